The number of halogens is 1. The van der Waals surface area contributed by atoms with E-state index in [1.54, 1.807) is 48.7 Å². The Morgan fingerprint density at radius 3 is 2.65 bits per heavy atom. The average Bonchev–Trinajstić information content (AvgIpc) is 3.17. The number of nitrogens with one attached hydrogen (secondary N) is 1. The number of aryl methyl sites for hydroxylation is 1. The fourth-order valence-corrected chi connectivity index (χ4v) is 3.12. The molecule has 162 valence electrons. The number of benzene rings is 2. The quantitative estimate of drug-likeness (QED) is 0.487. The van der Waals surface area contributed by atoms with Crippen LogP contribution in [0.1, 0.15) is 18.3 Å². The maximum atomic E-state index is 12.3. The van der Waals surface area contributed by atoms with Crippen molar-refractivity contribution in [3.05, 3.63) is 71.3 Å². The van der Waals surface area contributed by atoms with E-state index >= 15 is 0 Å². The third-order valence-electron chi connectivity index (χ3n) is 4.37. The summed E-state index contributed by atoms with van der Waals surface area (Å²) in [5.74, 6) is 2.24. The van der Waals surface area contributed by atoms with Crippen LogP contribution in [-0.2, 0) is 18.4 Å². The summed E-state index contributed by atoms with van der Waals surface area (Å²) in [4.78, 5) is 16.5. The summed E-state index contributed by atoms with van der Waals surface area (Å²) >= 11 is 6.24. The summed E-state index contributed by atoms with van der Waals surface area (Å²) in [6.07, 6.45) is 6.68. The van der Waals surface area contributed by atoms with Crippen LogP contribution >= 0.6 is 11.6 Å². The van der Waals surface area contributed by atoms with Crippen LogP contribution in [0.15, 0.2) is 54.9 Å². The first-order chi connectivity index (χ1) is 15.0. The number of imidazole rings is 1. The van der Waals surface area contributed by atoms with Crippen LogP contribution in [0.2, 0.25) is 5.02 Å². The summed E-state index contributed by atoms with van der Waals surface area (Å²) in [7, 11) is 3.44. The zero-order chi connectivity index (χ0) is 22.2. The smallest absolute Gasteiger partial charge is 0.248 e. The van der Waals surface area contributed by atoms with Gasteiger partial charge in [-0.1, -0.05) is 11.6 Å². The SMILES string of the molecule is CCOc1cc(/C=C/C(=O)Nc2ccc(OCc3nccn3C)cc2)cc(Cl)c1OC. The van der Waals surface area contributed by atoms with Gasteiger partial charge in [0.05, 0.1) is 18.7 Å². The molecule has 0 aliphatic heterocycles. The first-order valence-electron chi connectivity index (χ1n) is 9.68. The summed E-state index contributed by atoms with van der Waals surface area (Å²) in [5.41, 5.74) is 1.38. The number of nitrogens with zero attached hydrogens (tertiary/aromatic N) is 2. The minimum atomic E-state index is -0.272. The molecule has 31 heavy (non-hydrogen) atoms. The Kier molecular flexibility index (Phi) is 7.56. The summed E-state index contributed by atoms with van der Waals surface area (Å²) in [6, 6.07) is 10.6. The van der Waals surface area contributed by atoms with Gasteiger partial charge in [-0.15, -0.1) is 0 Å². The van der Waals surface area contributed by atoms with Crippen molar-refractivity contribution < 1.29 is 19.0 Å². The van der Waals surface area contributed by atoms with Gasteiger partial charge in [-0.2, -0.15) is 0 Å². The number of hydrogen-bond donors (Lipinski definition) is 1. The first-order valence-corrected chi connectivity index (χ1v) is 10.1. The largest absolute Gasteiger partial charge is 0.491 e. The van der Waals surface area contributed by atoms with Gasteiger partial charge in [0.15, 0.2) is 11.5 Å². The molecule has 0 bridgehead atoms. The van der Waals surface area contributed by atoms with Crippen molar-refractivity contribution in [1.29, 1.82) is 0 Å². The Balaban J connectivity index is 1.59. The molecule has 1 amide bonds. The number of methoxy groups -OCH3 is 1. The van der Waals surface area contributed by atoms with E-state index in [0.29, 0.717) is 41.2 Å². The number of anilines is 1. The molecule has 1 aromatic heterocycles. The van der Waals surface area contributed by atoms with Crippen molar-refractivity contribution in [3.63, 3.8) is 0 Å². The number of rotatable bonds is 9. The zero-order valence-corrected chi connectivity index (χ0v) is 18.3. The van der Waals surface area contributed by atoms with Crippen LogP contribution in [0.3, 0.4) is 0 Å². The maximum absolute atomic E-state index is 12.3. The van der Waals surface area contributed by atoms with E-state index in [4.69, 9.17) is 25.8 Å². The molecule has 3 rings (SSSR count). The lowest BCUT2D eigenvalue weighted by Gasteiger charge is -2.11. The Labute approximate surface area is 186 Å². The second kappa shape index (κ2) is 10.5. The van der Waals surface area contributed by atoms with Gasteiger partial charge in [-0.25, -0.2) is 4.98 Å². The van der Waals surface area contributed by atoms with Crippen molar-refractivity contribution >= 4 is 29.3 Å². The van der Waals surface area contributed by atoms with Crippen LogP contribution in [0.5, 0.6) is 17.2 Å². The Hall–Kier alpha value is -3.45. The second-order valence-corrected chi connectivity index (χ2v) is 6.96. The van der Waals surface area contributed by atoms with Crippen molar-refractivity contribution in [1.82, 2.24) is 9.55 Å². The van der Waals surface area contributed by atoms with Crippen LogP contribution < -0.4 is 19.5 Å². The van der Waals surface area contributed by atoms with Crippen LogP contribution in [0, 0.1) is 0 Å². The summed E-state index contributed by atoms with van der Waals surface area (Å²) < 4.78 is 18.4. The molecule has 0 radical (unpaired) electrons. The van der Waals surface area contributed by atoms with E-state index in [-0.39, 0.29) is 5.91 Å². The molecular formula is C23H24ClN3O4. The Morgan fingerprint density at radius 1 is 1.23 bits per heavy atom. The van der Waals surface area contributed by atoms with Gasteiger partial charge in [0.25, 0.3) is 0 Å². The van der Waals surface area contributed by atoms with E-state index in [1.807, 2.05) is 24.7 Å². The molecule has 0 aliphatic carbocycles. The molecule has 2 aromatic carbocycles. The predicted octanol–water partition coefficient (Wildman–Crippen LogP) is 4.71. The molecule has 3 aromatic rings. The average molecular weight is 442 g/mol. The minimum Gasteiger partial charge on any atom is -0.491 e. The van der Waals surface area contributed by atoms with E-state index in [9.17, 15) is 4.79 Å². The Morgan fingerprint density at radius 2 is 2.00 bits per heavy atom. The monoisotopic (exact) mass is 441 g/mol. The van der Waals surface area contributed by atoms with Gasteiger partial charge in [0.2, 0.25) is 5.91 Å². The number of ether oxygens (including phenoxy) is 3. The summed E-state index contributed by atoms with van der Waals surface area (Å²) in [6.45, 7) is 2.71. The zero-order valence-electron chi connectivity index (χ0n) is 17.6. The molecule has 1 heterocycles. The maximum Gasteiger partial charge on any atom is 0.248 e. The highest BCUT2D eigenvalue weighted by Gasteiger charge is 2.10. The highest BCUT2D eigenvalue weighted by Crippen LogP contribution is 2.36. The summed E-state index contributed by atoms with van der Waals surface area (Å²) in [5, 5.41) is 3.22. The first kappa shape index (κ1) is 22.2. The molecule has 8 heteroatoms. The highest BCUT2D eigenvalue weighted by atomic mass is 35.5. The lowest BCUT2D eigenvalue weighted by Crippen LogP contribution is -2.07. The van der Waals surface area contributed by atoms with Gasteiger partial charge >= 0.3 is 0 Å². The molecule has 0 fully saturated rings. The fraction of sp³-hybridized carbons (Fsp3) is 0.217. The predicted molar refractivity (Wildman–Crippen MR) is 121 cm³/mol. The van der Waals surface area contributed by atoms with E-state index < -0.39 is 0 Å². The second-order valence-electron chi connectivity index (χ2n) is 6.56. The van der Waals surface area contributed by atoms with Crippen molar-refractivity contribution in [2.24, 2.45) is 7.05 Å². The van der Waals surface area contributed by atoms with Crippen molar-refractivity contribution in [2.45, 2.75) is 13.5 Å². The molecule has 0 aliphatic rings. The van der Waals surface area contributed by atoms with Crippen molar-refractivity contribution in [3.8, 4) is 17.2 Å². The highest BCUT2D eigenvalue weighted by molar-refractivity contribution is 6.32. The third-order valence-corrected chi connectivity index (χ3v) is 4.65. The number of amides is 1. The van der Waals surface area contributed by atoms with Crippen molar-refractivity contribution in [2.75, 3.05) is 19.0 Å². The molecular weight excluding hydrogens is 418 g/mol. The minimum absolute atomic E-state index is 0.272. The normalized spacial score (nSPS) is 10.8. The van der Waals surface area contributed by atoms with Gasteiger partial charge in [-0.05, 0) is 55.0 Å². The van der Waals surface area contributed by atoms with E-state index in [1.165, 1.54) is 13.2 Å². The number of carbonyl (C=O) groups excluding carboxylic acids is 1. The number of carbonyl (C=O) groups is 1. The molecule has 0 saturated heterocycles. The van der Waals surface area contributed by atoms with Gasteiger partial charge in [0, 0.05) is 31.2 Å². The topological polar surface area (TPSA) is 74.6 Å². The number of hydrogen-bond acceptors (Lipinski definition) is 5. The van der Waals surface area contributed by atoms with E-state index in [2.05, 4.69) is 10.3 Å². The van der Waals surface area contributed by atoms with Gasteiger partial charge in [-0.3, -0.25) is 4.79 Å². The molecule has 7 nitrogen and oxygen atoms in total. The molecule has 0 atom stereocenters. The lowest BCUT2D eigenvalue weighted by molar-refractivity contribution is -0.111. The Bertz CT molecular complexity index is 1060. The van der Waals surface area contributed by atoms with Crippen LogP contribution in [0.4, 0.5) is 5.69 Å². The molecule has 0 unspecified atom stereocenters. The molecule has 0 spiro atoms. The van der Waals surface area contributed by atoms with Gasteiger partial charge < -0.3 is 24.1 Å². The van der Waals surface area contributed by atoms with Crippen LogP contribution in [0.25, 0.3) is 6.08 Å². The lowest BCUT2D eigenvalue weighted by atomic mass is 10.2. The molecule has 1 N–H and O–H groups in total. The standard InChI is InChI=1S/C23H24ClN3O4/c1-4-30-20-14-16(13-19(24)23(20)29-3)5-10-22(28)26-17-6-8-18(9-7-17)31-15-21-25-11-12-27(21)2/h5-14H,4,15H2,1-3H3,(H,26,28)/b10-5+. The van der Waals surface area contributed by atoms with Gasteiger partial charge in [0.1, 0.15) is 18.2 Å². The number of aromatic nitrogens is 2. The molecule has 0 saturated carbocycles. The van der Waals surface area contributed by atoms with E-state index in [0.717, 1.165) is 11.4 Å². The third kappa shape index (κ3) is 6.02. The van der Waals surface area contributed by atoms with Crippen LogP contribution in [-0.4, -0.2) is 29.2 Å². The fourth-order valence-electron chi connectivity index (χ4n) is 2.82.